The van der Waals surface area contributed by atoms with Crippen LogP contribution in [-0.2, 0) is 5.41 Å². The molecule has 0 spiro atoms. The van der Waals surface area contributed by atoms with Crippen molar-refractivity contribution in [3.05, 3.63) is 54.1 Å². The lowest BCUT2D eigenvalue weighted by molar-refractivity contribution is 0.590. The van der Waals surface area contributed by atoms with E-state index in [4.69, 9.17) is 5.10 Å². The van der Waals surface area contributed by atoms with Crippen LogP contribution >= 0.6 is 11.3 Å². The van der Waals surface area contributed by atoms with Crippen molar-refractivity contribution in [1.29, 1.82) is 0 Å². The Morgan fingerprint density at radius 1 is 0.862 bits per heavy atom. The van der Waals surface area contributed by atoms with E-state index >= 15 is 0 Å². The normalized spacial score (nSPS) is 11.9. The summed E-state index contributed by atoms with van der Waals surface area (Å²) in [7, 11) is 0. The summed E-state index contributed by atoms with van der Waals surface area (Å²) in [6.45, 7) is 13.0. The molecule has 4 rings (SSSR count). The Hall–Kier alpha value is -2.73. The minimum absolute atomic E-state index is 0.129. The van der Waals surface area contributed by atoms with E-state index in [0.29, 0.717) is 0 Å². The maximum Gasteiger partial charge on any atom is 0.235 e. The fourth-order valence-corrected chi connectivity index (χ4v) is 4.28. The molecule has 0 radical (unpaired) electrons. The monoisotopic (exact) mass is 405 g/mol. The van der Waals surface area contributed by atoms with Crippen molar-refractivity contribution in [2.24, 2.45) is 0 Å². The Morgan fingerprint density at radius 3 is 2.07 bits per heavy atom. The van der Waals surface area contributed by atoms with E-state index in [2.05, 4.69) is 98.2 Å². The van der Waals surface area contributed by atoms with Gasteiger partial charge in [-0.3, -0.25) is 0 Å². The van der Waals surface area contributed by atoms with Crippen LogP contribution in [0.3, 0.4) is 0 Å². The first-order chi connectivity index (χ1) is 13.9. The Balaban J connectivity index is 1.66. The summed E-state index contributed by atoms with van der Waals surface area (Å²) < 4.78 is 1.85. The van der Waals surface area contributed by atoms with Crippen LogP contribution in [0, 0.1) is 0 Å². The topological polar surface area (TPSA) is 46.3 Å². The third-order valence-corrected chi connectivity index (χ3v) is 6.19. The highest BCUT2D eigenvalue weighted by Gasteiger charge is 2.17. The summed E-state index contributed by atoms with van der Waals surface area (Å²) in [4.78, 5) is 3.14. The molecule has 0 aliphatic heterocycles. The van der Waals surface area contributed by atoms with E-state index in [1.807, 2.05) is 4.52 Å². The lowest BCUT2D eigenvalue weighted by Crippen LogP contribution is -2.21. The van der Waals surface area contributed by atoms with Gasteiger partial charge in [-0.25, -0.2) is 0 Å². The zero-order valence-corrected chi connectivity index (χ0v) is 18.5. The quantitative estimate of drug-likeness (QED) is 0.429. The third-order valence-electron chi connectivity index (χ3n) is 5.24. The van der Waals surface area contributed by atoms with Gasteiger partial charge in [0.25, 0.3) is 0 Å². The molecule has 0 atom stereocenters. The van der Waals surface area contributed by atoms with Crippen molar-refractivity contribution in [2.45, 2.75) is 40.0 Å². The molecular weight excluding hydrogens is 378 g/mol. The Kier molecular flexibility index (Phi) is 5.13. The molecule has 2 aromatic heterocycles. The summed E-state index contributed by atoms with van der Waals surface area (Å²) >= 11 is 1.56. The van der Waals surface area contributed by atoms with E-state index in [9.17, 15) is 0 Å². The molecule has 0 fully saturated rings. The molecule has 0 aliphatic rings. The van der Waals surface area contributed by atoms with Crippen molar-refractivity contribution in [1.82, 2.24) is 19.8 Å². The predicted octanol–water partition coefficient (Wildman–Crippen LogP) is 5.66. The Bertz CT molecular complexity index is 1100. The van der Waals surface area contributed by atoms with Gasteiger partial charge in [0, 0.05) is 29.9 Å². The summed E-state index contributed by atoms with van der Waals surface area (Å²) in [6.07, 6.45) is 0. The largest absolute Gasteiger partial charge is 0.372 e. The third kappa shape index (κ3) is 3.77. The molecule has 2 aromatic carbocycles. The predicted molar refractivity (Wildman–Crippen MR) is 122 cm³/mol. The van der Waals surface area contributed by atoms with Crippen molar-refractivity contribution in [3.8, 4) is 22.0 Å². The first-order valence-electron chi connectivity index (χ1n) is 10.1. The van der Waals surface area contributed by atoms with Crippen molar-refractivity contribution in [2.75, 3.05) is 18.0 Å². The highest BCUT2D eigenvalue weighted by Crippen LogP contribution is 2.30. The average molecular weight is 406 g/mol. The first kappa shape index (κ1) is 19.6. The summed E-state index contributed by atoms with van der Waals surface area (Å²) in [5.74, 6) is 0.780. The van der Waals surface area contributed by atoms with Crippen LogP contribution in [0.2, 0.25) is 0 Å². The molecule has 0 unspecified atom stereocenters. The molecule has 0 bridgehead atoms. The number of hydrogen-bond acceptors (Lipinski definition) is 5. The molecule has 0 amide bonds. The number of anilines is 1. The zero-order chi connectivity index (χ0) is 20.6. The number of hydrogen-bond donors (Lipinski definition) is 0. The molecule has 29 heavy (non-hydrogen) atoms. The Labute approximate surface area is 176 Å². The van der Waals surface area contributed by atoms with Gasteiger partial charge in [0.2, 0.25) is 4.96 Å². The van der Waals surface area contributed by atoms with Crippen molar-refractivity contribution in [3.63, 3.8) is 0 Å². The van der Waals surface area contributed by atoms with Crippen LogP contribution < -0.4 is 4.90 Å². The van der Waals surface area contributed by atoms with Gasteiger partial charge in [0.1, 0.15) is 5.01 Å². The van der Waals surface area contributed by atoms with Gasteiger partial charge in [-0.15, -0.1) is 10.2 Å². The van der Waals surface area contributed by atoms with E-state index in [0.717, 1.165) is 40.0 Å². The summed E-state index contributed by atoms with van der Waals surface area (Å²) in [6, 6.07) is 17.1. The smallest absolute Gasteiger partial charge is 0.235 e. The molecule has 0 N–H and O–H groups in total. The minimum Gasteiger partial charge on any atom is -0.372 e. The average Bonchev–Trinajstić information content (AvgIpc) is 3.30. The van der Waals surface area contributed by atoms with Gasteiger partial charge in [-0.2, -0.15) is 9.61 Å². The fourth-order valence-electron chi connectivity index (χ4n) is 3.44. The molecule has 0 aliphatic carbocycles. The van der Waals surface area contributed by atoms with Crippen LogP contribution in [0.4, 0.5) is 5.69 Å². The minimum atomic E-state index is 0.129. The van der Waals surface area contributed by atoms with E-state index in [1.165, 1.54) is 11.3 Å². The van der Waals surface area contributed by atoms with Gasteiger partial charge >= 0.3 is 0 Å². The second-order valence-corrected chi connectivity index (χ2v) is 9.13. The number of benzene rings is 2. The maximum atomic E-state index is 4.80. The molecule has 0 saturated carbocycles. The standard InChI is InChI=1S/C23H27N5S/c1-6-27(7-2)19-14-10-17(11-15-19)21-26-28-20(24-25-22(28)29-21)16-8-12-18(13-9-16)23(3,4)5/h8-15H,6-7H2,1-5H3. The SMILES string of the molecule is CCN(CC)c1ccc(-c2nn3c(-c4ccc(C(C)(C)C)cc4)nnc3s2)cc1. The van der Waals surface area contributed by atoms with Crippen molar-refractivity contribution < 1.29 is 0 Å². The van der Waals surface area contributed by atoms with Crippen LogP contribution in [0.15, 0.2) is 48.5 Å². The summed E-state index contributed by atoms with van der Waals surface area (Å²) in [5, 5.41) is 14.5. The molecule has 4 aromatic rings. The highest BCUT2D eigenvalue weighted by atomic mass is 32.1. The second kappa shape index (κ2) is 7.59. The van der Waals surface area contributed by atoms with Gasteiger partial charge in [0.05, 0.1) is 0 Å². The van der Waals surface area contributed by atoms with Gasteiger partial charge in [-0.05, 0) is 49.1 Å². The molecule has 6 heteroatoms. The second-order valence-electron chi connectivity index (χ2n) is 8.17. The summed E-state index contributed by atoms with van der Waals surface area (Å²) in [5.41, 5.74) is 4.80. The molecule has 150 valence electrons. The molecule has 2 heterocycles. The van der Waals surface area contributed by atoms with Gasteiger partial charge in [-0.1, -0.05) is 56.4 Å². The molecular formula is C23H27N5S. The lowest BCUT2D eigenvalue weighted by atomic mass is 9.87. The highest BCUT2D eigenvalue weighted by molar-refractivity contribution is 7.19. The van der Waals surface area contributed by atoms with Crippen LogP contribution in [-0.4, -0.2) is 32.9 Å². The van der Waals surface area contributed by atoms with E-state index in [-0.39, 0.29) is 5.41 Å². The number of fused-ring (bicyclic) bond motifs is 1. The zero-order valence-electron chi connectivity index (χ0n) is 17.7. The fraction of sp³-hybridized carbons (Fsp3) is 0.348. The van der Waals surface area contributed by atoms with Crippen LogP contribution in [0.5, 0.6) is 0 Å². The number of rotatable bonds is 5. The maximum absolute atomic E-state index is 4.80. The number of nitrogens with zero attached hydrogens (tertiary/aromatic N) is 5. The molecule has 5 nitrogen and oxygen atoms in total. The van der Waals surface area contributed by atoms with E-state index in [1.54, 1.807) is 11.3 Å². The van der Waals surface area contributed by atoms with Crippen LogP contribution in [0.25, 0.3) is 26.9 Å². The number of aromatic nitrogens is 4. The van der Waals surface area contributed by atoms with Crippen molar-refractivity contribution >= 4 is 22.0 Å². The van der Waals surface area contributed by atoms with Gasteiger partial charge < -0.3 is 4.90 Å². The van der Waals surface area contributed by atoms with E-state index < -0.39 is 0 Å². The van der Waals surface area contributed by atoms with Crippen LogP contribution in [0.1, 0.15) is 40.2 Å². The molecule has 0 saturated heterocycles. The Morgan fingerprint density at radius 2 is 1.48 bits per heavy atom. The lowest BCUT2D eigenvalue weighted by Gasteiger charge is -2.20. The first-order valence-corrected chi connectivity index (χ1v) is 10.9. The van der Waals surface area contributed by atoms with Gasteiger partial charge in [0.15, 0.2) is 5.82 Å².